The normalized spacial score (nSPS) is 18.8. The van der Waals surface area contributed by atoms with Crippen molar-refractivity contribution >= 4 is 37.0 Å². The molecule has 270 valence electrons. The van der Waals surface area contributed by atoms with E-state index in [-0.39, 0.29) is 24.8 Å². The van der Waals surface area contributed by atoms with Gasteiger partial charge in [0.05, 0.1) is 0 Å². The van der Waals surface area contributed by atoms with Gasteiger partial charge < -0.3 is 0 Å². The molecule has 7 rings (SSSR count). The Bertz CT molecular complexity index is 1810. The number of alkyl halides is 6. The van der Waals surface area contributed by atoms with Crippen LogP contribution in [0.4, 0.5) is 26.3 Å². The molecule has 1 fully saturated rings. The largest absolute Gasteiger partial charge is 0.147 e. The van der Waals surface area contributed by atoms with Gasteiger partial charge in [-0.2, -0.15) is 0 Å². The average molecular weight is 910 g/mol. The van der Waals surface area contributed by atoms with Gasteiger partial charge in [0.2, 0.25) is 0 Å². The van der Waals surface area contributed by atoms with Crippen LogP contribution in [0.15, 0.2) is 96.1 Å². The first-order valence-corrected chi connectivity index (χ1v) is 26.4. The third-order valence-corrected chi connectivity index (χ3v) is 29.7. The zero-order valence-corrected chi connectivity index (χ0v) is 34.2. The molecular weight excluding hydrogens is 868 g/mol. The fourth-order valence-electron chi connectivity index (χ4n) is 8.65. The van der Waals surface area contributed by atoms with Crippen LogP contribution in [0.2, 0.25) is 8.35 Å². The molecular formula is C42H42Cl2F6Hf. The van der Waals surface area contributed by atoms with E-state index >= 15 is 0 Å². The Balaban J connectivity index is 0.00000252. The standard InChI is InChI=1S/2C20H18F3.C2H4.2ClH.Hf/c2*1-13(2)10-14-11-16-4-3-5-18(19(16)12-14)15-6-8-17(9-7-15)20(21,22)23;1-2;;;/h2*3-9,11-13H,10H2,1-2H3;1-2H2;2*1H;. The Hall–Kier alpha value is -2.61. The van der Waals surface area contributed by atoms with Gasteiger partial charge >= 0.3 is 291 Å². The van der Waals surface area contributed by atoms with Crippen LogP contribution < -0.4 is 0 Å². The van der Waals surface area contributed by atoms with Gasteiger partial charge in [-0.15, -0.1) is 24.8 Å². The third kappa shape index (κ3) is 7.46. The molecule has 4 aromatic carbocycles. The summed E-state index contributed by atoms with van der Waals surface area (Å²) in [4.78, 5) is 0. The summed E-state index contributed by atoms with van der Waals surface area (Å²) in [6.07, 6.45) is -2.08. The molecule has 0 aromatic heterocycles. The summed E-state index contributed by atoms with van der Waals surface area (Å²) in [6, 6.07) is 23.8. The number of hydrogen-bond acceptors (Lipinski definition) is 0. The van der Waals surface area contributed by atoms with Gasteiger partial charge in [-0.25, -0.2) is 0 Å². The number of allylic oxidation sites excluding steroid dienone is 2. The molecule has 0 amide bonds. The molecule has 2 aliphatic carbocycles. The first-order valence-electron chi connectivity index (χ1n) is 17.2. The van der Waals surface area contributed by atoms with Crippen LogP contribution >= 0.6 is 24.8 Å². The van der Waals surface area contributed by atoms with Gasteiger partial charge in [-0.3, -0.25) is 0 Å². The predicted octanol–water partition coefficient (Wildman–Crippen LogP) is 14.6. The van der Waals surface area contributed by atoms with Crippen LogP contribution in [0.1, 0.15) is 81.3 Å². The average Bonchev–Trinajstić information content (AvgIpc) is 3.59. The van der Waals surface area contributed by atoms with Crippen molar-refractivity contribution in [2.24, 2.45) is 11.8 Å². The van der Waals surface area contributed by atoms with E-state index in [9.17, 15) is 26.3 Å². The van der Waals surface area contributed by atoms with Crippen LogP contribution in [0, 0.1) is 11.8 Å². The minimum atomic E-state index is -4.38. The van der Waals surface area contributed by atoms with Crippen molar-refractivity contribution in [2.45, 2.75) is 68.6 Å². The first kappa shape index (κ1) is 39.6. The summed E-state index contributed by atoms with van der Waals surface area (Å²) in [7, 11) is 0. The Morgan fingerprint density at radius 1 is 0.549 bits per heavy atom. The first-order chi connectivity index (χ1) is 23.2. The fourth-order valence-corrected chi connectivity index (χ4v) is 36.5. The Labute approximate surface area is 313 Å². The molecule has 0 N–H and O–H groups in total. The maximum Gasteiger partial charge on any atom is -0.147 e. The van der Waals surface area contributed by atoms with Crippen molar-refractivity contribution in [1.82, 2.24) is 0 Å². The smallest absolute Gasteiger partial charge is 0.147 e. The quantitative estimate of drug-likeness (QED) is 0.122. The van der Waals surface area contributed by atoms with E-state index in [4.69, 9.17) is 0 Å². The summed E-state index contributed by atoms with van der Waals surface area (Å²) >= 11 is -3.31. The van der Waals surface area contributed by atoms with Gasteiger partial charge in [0.15, 0.2) is 0 Å². The second kappa shape index (κ2) is 14.7. The molecule has 0 spiro atoms. The van der Waals surface area contributed by atoms with Crippen molar-refractivity contribution in [1.29, 1.82) is 0 Å². The number of hydrogen-bond donors (Lipinski definition) is 0. The van der Waals surface area contributed by atoms with E-state index in [1.165, 1.54) is 54.9 Å². The molecule has 1 heterocycles. The minimum Gasteiger partial charge on any atom is -0.147 e. The topological polar surface area (TPSA) is 0 Å². The summed E-state index contributed by atoms with van der Waals surface area (Å²) < 4.78 is 83.7. The van der Waals surface area contributed by atoms with Gasteiger partial charge in [0, 0.05) is 0 Å². The molecule has 2 unspecified atom stereocenters. The molecule has 9 heteroatoms. The van der Waals surface area contributed by atoms with Gasteiger partial charge in [-0.1, -0.05) is 0 Å². The van der Waals surface area contributed by atoms with Crippen LogP contribution in [0.3, 0.4) is 0 Å². The predicted molar refractivity (Wildman–Crippen MR) is 198 cm³/mol. The van der Waals surface area contributed by atoms with Crippen LogP contribution in [0.5, 0.6) is 0 Å². The zero-order chi connectivity index (χ0) is 34.9. The van der Waals surface area contributed by atoms with Crippen molar-refractivity contribution in [3.63, 3.8) is 0 Å². The Morgan fingerprint density at radius 3 is 1.20 bits per heavy atom. The zero-order valence-electron chi connectivity index (χ0n) is 29.0. The second-order valence-electron chi connectivity index (χ2n) is 15.0. The molecule has 4 aromatic rings. The van der Waals surface area contributed by atoms with Crippen LogP contribution in [-0.2, 0) is 32.3 Å². The molecule has 1 saturated heterocycles. The monoisotopic (exact) mass is 910 g/mol. The molecule has 51 heavy (non-hydrogen) atoms. The SMILES string of the molecule is CC(C)CC1=Cc2c(-c3ccc(C(F)(F)F)cc3)cccc2[CH]1[Hf]1([CH]2C(CC(C)C)=Cc3c(-c4ccc(C(F)(F)F)cc4)cccc32)[CH2][CH2]1.Cl.Cl. The summed E-state index contributed by atoms with van der Waals surface area (Å²) in [5.74, 6) is 0.907. The fraction of sp³-hybridized carbons (Fsp3) is 0.333. The molecule has 2 atom stereocenters. The van der Waals surface area contributed by atoms with E-state index in [1.807, 2.05) is 12.1 Å². The molecule has 0 nitrogen and oxygen atoms in total. The number of rotatable bonds is 8. The van der Waals surface area contributed by atoms with E-state index < -0.39 is 43.4 Å². The van der Waals surface area contributed by atoms with Crippen molar-refractivity contribution < 1.29 is 46.3 Å². The maximum absolute atomic E-state index is 13.4. The van der Waals surface area contributed by atoms with Crippen LogP contribution in [-0.4, -0.2) is 0 Å². The third-order valence-electron chi connectivity index (χ3n) is 10.6. The van der Waals surface area contributed by atoms with Gasteiger partial charge in [0.25, 0.3) is 0 Å². The molecule has 0 saturated carbocycles. The Kier molecular flexibility index (Phi) is 11.4. The van der Waals surface area contributed by atoms with E-state index in [2.05, 4.69) is 64.1 Å². The summed E-state index contributed by atoms with van der Waals surface area (Å²) in [5, 5.41) is 0. The second-order valence-corrected chi connectivity index (χ2v) is 31.6. The molecule has 0 bridgehead atoms. The number of fused-ring (bicyclic) bond motifs is 2. The van der Waals surface area contributed by atoms with E-state index in [0.717, 1.165) is 46.2 Å². The molecule has 1 aliphatic heterocycles. The van der Waals surface area contributed by atoms with Crippen molar-refractivity contribution in [3.05, 3.63) is 129 Å². The minimum absolute atomic E-state index is 0. The Morgan fingerprint density at radius 2 is 0.902 bits per heavy atom. The van der Waals surface area contributed by atoms with E-state index in [0.29, 0.717) is 19.2 Å². The van der Waals surface area contributed by atoms with Crippen molar-refractivity contribution in [3.8, 4) is 22.3 Å². The van der Waals surface area contributed by atoms with Gasteiger partial charge in [0.1, 0.15) is 0 Å². The van der Waals surface area contributed by atoms with Gasteiger partial charge in [-0.05, 0) is 0 Å². The number of benzene rings is 4. The molecule has 0 radical (unpaired) electrons. The maximum atomic E-state index is 13.4. The van der Waals surface area contributed by atoms with Crippen LogP contribution in [0.25, 0.3) is 34.4 Å². The molecule has 3 aliphatic rings. The summed E-state index contributed by atoms with van der Waals surface area (Å²) in [5.41, 5.74) is 10.2. The number of halogens is 8. The van der Waals surface area contributed by atoms with Crippen molar-refractivity contribution in [2.75, 3.05) is 0 Å². The van der Waals surface area contributed by atoms with E-state index in [1.54, 1.807) is 24.3 Å². The summed E-state index contributed by atoms with van der Waals surface area (Å²) in [6.45, 7) is 9.00.